The molecule has 1 aromatic heterocycles. The van der Waals surface area contributed by atoms with Crippen molar-refractivity contribution in [3.8, 4) is 0 Å². The highest BCUT2D eigenvalue weighted by Gasteiger charge is 2.36. The molecule has 0 bridgehead atoms. The minimum Gasteiger partial charge on any atom is -0.383 e. The van der Waals surface area contributed by atoms with E-state index in [4.69, 9.17) is 4.52 Å². The maximum Gasteiger partial charge on any atom is 0.248 e. The molecule has 1 aliphatic rings. The summed E-state index contributed by atoms with van der Waals surface area (Å²) in [5, 5.41) is 6.82. The fraction of sp³-hybridized carbons (Fsp3) is 0.478. The van der Waals surface area contributed by atoms with Crippen molar-refractivity contribution in [3.63, 3.8) is 0 Å². The number of carbonyl (C=O) groups excluding carboxylic acids is 1. The van der Waals surface area contributed by atoms with E-state index in [1.807, 2.05) is 21.0 Å². The van der Waals surface area contributed by atoms with Gasteiger partial charge in [0.25, 0.3) is 0 Å². The molecular formula is C23H32N4O4S. The Bertz CT molecular complexity index is 1060. The van der Waals surface area contributed by atoms with Crippen LogP contribution >= 0.6 is 0 Å². The van der Waals surface area contributed by atoms with E-state index in [0.29, 0.717) is 31.6 Å². The molecule has 1 fully saturated rings. The van der Waals surface area contributed by atoms with Gasteiger partial charge in [-0.1, -0.05) is 35.0 Å². The molecular weight excluding hydrogens is 428 g/mol. The second kappa shape index (κ2) is 10.3. The maximum atomic E-state index is 13.4. The number of nitrogens with one attached hydrogen (secondary N) is 1. The lowest BCUT2D eigenvalue weighted by molar-refractivity contribution is -0.126. The molecule has 1 aliphatic heterocycles. The lowest BCUT2D eigenvalue weighted by Gasteiger charge is -2.31. The second-order valence-electron chi connectivity index (χ2n) is 8.47. The molecule has 3 rings (SSSR count). The Kier molecular flexibility index (Phi) is 7.73. The number of aromatic nitrogens is 1. The Morgan fingerprint density at radius 1 is 1.28 bits per heavy atom. The molecule has 0 radical (unpaired) electrons. The van der Waals surface area contributed by atoms with Gasteiger partial charge in [-0.2, -0.15) is 4.31 Å². The van der Waals surface area contributed by atoms with Crippen molar-refractivity contribution in [3.05, 3.63) is 53.0 Å². The number of hydrogen-bond acceptors (Lipinski definition) is 6. The fourth-order valence-corrected chi connectivity index (χ4v) is 5.52. The minimum absolute atomic E-state index is 0.0658. The van der Waals surface area contributed by atoms with Gasteiger partial charge in [0.15, 0.2) is 10.7 Å². The lowest BCUT2D eigenvalue weighted by atomic mass is 9.98. The first kappa shape index (κ1) is 24.0. The highest BCUT2D eigenvalue weighted by molar-refractivity contribution is 7.89. The number of sulfonamides is 1. The van der Waals surface area contributed by atoms with Gasteiger partial charge in [-0.05, 0) is 38.7 Å². The fourth-order valence-electron chi connectivity index (χ4n) is 3.75. The number of carbonyl (C=O) groups is 1. The zero-order chi connectivity index (χ0) is 23.3. The number of aryl methyl sites for hydroxylation is 2. The van der Waals surface area contributed by atoms with Crippen LogP contribution in [0.1, 0.15) is 35.4 Å². The third-order valence-electron chi connectivity index (χ3n) is 5.54. The highest BCUT2D eigenvalue weighted by atomic mass is 32.2. The molecule has 2 aromatic rings. The summed E-state index contributed by atoms with van der Waals surface area (Å²) in [5.74, 6) is -0.287. The van der Waals surface area contributed by atoms with E-state index in [0.717, 1.165) is 12.0 Å². The monoisotopic (exact) mass is 460 g/mol. The van der Waals surface area contributed by atoms with E-state index in [9.17, 15) is 13.2 Å². The Morgan fingerprint density at radius 2 is 2.00 bits per heavy atom. The van der Waals surface area contributed by atoms with Gasteiger partial charge in [0.05, 0.1) is 5.92 Å². The van der Waals surface area contributed by atoms with Gasteiger partial charge in [0.2, 0.25) is 15.9 Å². The van der Waals surface area contributed by atoms with Gasteiger partial charge < -0.3 is 14.7 Å². The summed E-state index contributed by atoms with van der Waals surface area (Å²) in [6, 6.07) is 8.21. The summed E-state index contributed by atoms with van der Waals surface area (Å²) in [7, 11) is -0.167. The molecule has 1 aromatic carbocycles. The molecule has 2 heterocycles. The molecule has 0 spiro atoms. The van der Waals surface area contributed by atoms with Gasteiger partial charge in [-0.3, -0.25) is 4.79 Å². The zero-order valence-corrected chi connectivity index (χ0v) is 20.0. The molecule has 0 saturated carbocycles. The van der Waals surface area contributed by atoms with Crippen molar-refractivity contribution in [2.45, 2.75) is 38.0 Å². The predicted molar refractivity (Wildman–Crippen MR) is 123 cm³/mol. The van der Waals surface area contributed by atoms with Crippen LogP contribution in [0.3, 0.4) is 0 Å². The van der Waals surface area contributed by atoms with Gasteiger partial charge in [0, 0.05) is 46.0 Å². The minimum atomic E-state index is -3.83. The molecule has 8 nitrogen and oxygen atoms in total. The van der Waals surface area contributed by atoms with Crippen LogP contribution in [0.4, 0.5) is 0 Å². The smallest absolute Gasteiger partial charge is 0.248 e. The SMILES string of the molecule is Cc1ccc(CCNC(=O)C2CCCN(S(=O)(=O)c3c(C)noc3/C=C/N(C)C)C2)cc1. The van der Waals surface area contributed by atoms with Crippen molar-refractivity contribution in [2.24, 2.45) is 5.92 Å². The first-order chi connectivity index (χ1) is 15.2. The second-order valence-corrected chi connectivity index (χ2v) is 10.3. The molecule has 1 N–H and O–H groups in total. The standard InChI is InChI=1S/C23H32N4O4S/c1-17-7-9-19(10-8-17)11-13-24-23(28)20-6-5-14-27(16-20)32(29,30)22-18(2)25-31-21(22)12-15-26(3)4/h7-10,12,15,20H,5-6,11,13-14,16H2,1-4H3,(H,24,28)/b15-12+. The van der Waals surface area contributed by atoms with Crippen molar-refractivity contribution in [1.82, 2.24) is 19.7 Å². The van der Waals surface area contributed by atoms with Crippen LogP contribution in [0.2, 0.25) is 0 Å². The molecule has 1 amide bonds. The number of rotatable bonds is 8. The number of piperidine rings is 1. The van der Waals surface area contributed by atoms with Crippen LogP contribution in [0.15, 0.2) is 39.9 Å². The van der Waals surface area contributed by atoms with Crippen molar-refractivity contribution < 1.29 is 17.7 Å². The molecule has 1 saturated heterocycles. The van der Waals surface area contributed by atoms with Crippen molar-refractivity contribution in [1.29, 1.82) is 0 Å². The number of amides is 1. The van der Waals surface area contributed by atoms with Gasteiger partial charge in [0.1, 0.15) is 5.69 Å². The number of nitrogens with zero attached hydrogens (tertiary/aromatic N) is 3. The Balaban J connectivity index is 1.65. The van der Waals surface area contributed by atoms with E-state index in [1.165, 1.54) is 9.87 Å². The van der Waals surface area contributed by atoms with E-state index in [1.54, 1.807) is 24.1 Å². The maximum absolute atomic E-state index is 13.4. The molecule has 32 heavy (non-hydrogen) atoms. The Hall–Kier alpha value is -2.65. The van der Waals surface area contributed by atoms with Crippen LogP contribution in [-0.2, 0) is 21.2 Å². The molecule has 1 atom stereocenters. The lowest BCUT2D eigenvalue weighted by Crippen LogP contribution is -2.45. The van der Waals surface area contributed by atoms with E-state index < -0.39 is 10.0 Å². The summed E-state index contributed by atoms with van der Waals surface area (Å²) < 4.78 is 33.4. The molecule has 174 valence electrons. The average Bonchev–Trinajstić information content (AvgIpc) is 3.15. The third-order valence-corrected chi connectivity index (χ3v) is 7.57. The van der Waals surface area contributed by atoms with Crippen LogP contribution in [0.25, 0.3) is 6.08 Å². The van der Waals surface area contributed by atoms with Crippen LogP contribution in [0, 0.1) is 19.8 Å². The summed E-state index contributed by atoms with van der Waals surface area (Å²) in [4.78, 5) is 14.6. The van der Waals surface area contributed by atoms with Crippen LogP contribution in [-0.4, -0.2) is 62.4 Å². The summed E-state index contributed by atoms with van der Waals surface area (Å²) in [5.41, 5.74) is 2.67. The quantitative estimate of drug-likeness (QED) is 0.651. The van der Waals surface area contributed by atoms with E-state index >= 15 is 0 Å². The molecule has 1 unspecified atom stereocenters. The first-order valence-electron chi connectivity index (χ1n) is 10.8. The molecule has 9 heteroatoms. The number of benzene rings is 1. The largest absolute Gasteiger partial charge is 0.383 e. The van der Waals surface area contributed by atoms with Gasteiger partial charge >= 0.3 is 0 Å². The van der Waals surface area contributed by atoms with E-state index in [-0.39, 0.29) is 29.0 Å². The first-order valence-corrected chi connectivity index (χ1v) is 12.3. The summed E-state index contributed by atoms with van der Waals surface area (Å²) in [6.07, 6.45) is 5.33. The van der Waals surface area contributed by atoms with Gasteiger partial charge in [-0.15, -0.1) is 0 Å². The number of hydrogen-bond donors (Lipinski definition) is 1. The topological polar surface area (TPSA) is 95.8 Å². The predicted octanol–water partition coefficient (Wildman–Crippen LogP) is 2.58. The zero-order valence-electron chi connectivity index (χ0n) is 19.2. The summed E-state index contributed by atoms with van der Waals surface area (Å²) in [6.45, 7) is 4.70. The highest BCUT2D eigenvalue weighted by Crippen LogP contribution is 2.29. The average molecular weight is 461 g/mol. The van der Waals surface area contributed by atoms with Gasteiger partial charge in [-0.25, -0.2) is 8.42 Å². The Labute approximate surface area is 190 Å². The molecule has 0 aliphatic carbocycles. The van der Waals surface area contributed by atoms with E-state index in [2.05, 4.69) is 34.7 Å². The van der Waals surface area contributed by atoms with Crippen molar-refractivity contribution >= 4 is 22.0 Å². The Morgan fingerprint density at radius 3 is 2.69 bits per heavy atom. The normalized spacial score (nSPS) is 17.6. The van der Waals surface area contributed by atoms with Crippen LogP contribution in [0.5, 0.6) is 0 Å². The summed E-state index contributed by atoms with van der Waals surface area (Å²) >= 11 is 0. The van der Waals surface area contributed by atoms with Crippen LogP contribution < -0.4 is 5.32 Å². The van der Waals surface area contributed by atoms with Crippen molar-refractivity contribution in [2.75, 3.05) is 33.7 Å². The third kappa shape index (κ3) is 5.77.